The van der Waals surface area contributed by atoms with Crippen molar-refractivity contribution in [2.24, 2.45) is 0 Å². The number of nitrogens with zero attached hydrogens (tertiary/aromatic N) is 2. The van der Waals surface area contributed by atoms with Gasteiger partial charge in [0.1, 0.15) is 0 Å². The highest BCUT2D eigenvalue weighted by atomic mass is 19.1. The van der Waals surface area contributed by atoms with Crippen molar-refractivity contribution in [2.45, 2.75) is 13.1 Å². The zero-order valence-electron chi connectivity index (χ0n) is 10.3. The van der Waals surface area contributed by atoms with E-state index in [0.29, 0.717) is 12.1 Å². The Morgan fingerprint density at radius 3 is 3.06 bits per heavy atom. The van der Waals surface area contributed by atoms with Crippen molar-refractivity contribution in [1.29, 1.82) is 0 Å². The van der Waals surface area contributed by atoms with E-state index in [0.717, 1.165) is 13.1 Å². The quantitative estimate of drug-likeness (QED) is 0.794. The number of aromatic nitrogens is 2. The second kappa shape index (κ2) is 6.16. The minimum absolute atomic E-state index is 0.281. The predicted octanol–water partition coefficient (Wildman–Crippen LogP) is 1.82. The van der Waals surface area contributed by atoms with Gasteiger partial charge in [0, 0.05) is 37.6 Å². The van der Waals surface area contributed by atoms with Crippen molar-refractivity contribution in [1.82, 2.24) is 14.9 Å². The molecule has 96 valence electrons. The highest BCUT2D eigenvalue weighted by molar-refractivity contribution is 5.30. The molecule has 0 amide bonds. The van der Waals surface area contributed by atoms with Gasteiger partial charge in [-0.15, -0.1) is 0 Å². The molecule has 0 atom stereocenters. The molecular formula is C13H16FN3O. The molecule has 0 saturated carbocycles. The lowest BCUT2D eigenvalue weighted by Gasteiger charge is -2.09. The van der Waals surface area contributed by atoms with Crippen molar-refractivity contribution in [2.75, 3.05) is 13.7 Å². The van der Waals surface area contributed by atoms with Gasteiger partial charge in [0.25, 0.3) is 0 Å². The summed E-state index contributed by atoms with van der Waals surface area (Å²) in [6.45, 7) is 2.05. The molecule has 1 aromatic carbocycles. The fourth-order valence-electron chi connectivity index (χ4n) is 1.70. The van der Waals surface area contributed by atoms with Crippen LogP contribution in [-0.2, 0) is 13.1 Å². The lowest BCUT2D eigenvalue weighted by atomic mass is 10.2. The maximum absolute atomic E-state index is 13.8. The van der Waals surface area contributed by atoms with E-state index < -0.39 is 0 Å². The van der Waals surface area contributed by atoms with Gasteiger partial charge in [0.05, 0.1) is 13.4 Å². The van der Waals surface area contributed by atoms with E-state index in [1.54, 1.807) is 30.7 Å². The summed E-state index contributed by atoms with van der Waals surface area (Å²) in [5, 5.41) is 3.19. The molecule has 0 aliphatic carbocycles. The number of nitrogens with one attached hydrogen (secondary N) is 1. The number of ether oxygens (including phenoxy) is 1. The molecular weight excluding hydrogens is 233 g/mol. The third-order valence-electron chi connectivity index (χ3n) is 2.68. The number of imidazole rings is 1. The molecule has 1 heterocycles. The summed E-state index contributed by atoms with van der Waals surface area (Å²) >= 11 is 0. The first-order valence-electron chi connectivity index (χ1n) is 5.79. The Hall–Kier alpha value is -1.88. The molecule has 0 radical (unpaired) electrons. The number of methoxy groups -OCH3 is 1. The third-order valence-corrected chi connectivity index (χ3v) is 2.68. The molecule has 2 aromatic rings. The summed E-state index contributed by atoms with van der Waals surface area (Å²) in [4.78, 5) is 3.95. The zero-order valence-corrected chi connectivity index (χ0v) is 10.3. The standard InChI is InChI=1S/C13H16FN3O/c1-18-12-4-2-3-11(13(12)14)9-15-5-7-17-8-6-16-10-17/h2-4,6,8,10,15H,5,7,9H2,1H3. The van der Waals surface area contributed by atoms with E-state index in [1.807, 2.05) is 10.8 Å². The van der Waals surface area contributed by atoms with Crippen LogP contribution < -0.4 is 10.1 Å². The number of halogens is 1. The van der Waals surface area contributed by atoms with Crippen molar-refractivity contribution in [3.8, 4) is 5.75 Å². The molecule has 0 fully saturated rings. The summed E-state index contributed by atoms with van der Waals surface area (Å²) in [6, 6.07) is 5.15. The van der Waals surface area contributed by atoms with Gasteiger partial charge >= 0.3 is 0 Å². The molecule has 0 aliphatic rings. The summed E-state index contributed by atoms with van der Waals surface area (Å²) in [6.07, 6.45) is 5.39. The van der Waals surface area contributed by atoms with E-state index in [-0.39, 0.29) is 11.6 Å². The highest BCUT2D eigenvalue weighted by Crippen LogP contribution is 2.19. The second-order valence-corrected chi connectivity index (χ2v) is 3.91. The molecule has 1 N–H and O–H groups in total. The van der Waals surface area contributed by atoms with E-state index in [1.165, 1.54) is 7.11 Å². The number of rotatable bonds is 6. The summed E-state index contributed by atoms with van der Waals surface area (Å²) in [5.41, 5.74) is 0.611. The smallest absolute Gasteiger partial charge is 0.169 e. The maximum Gasteiger partial charge on any atom is 0.169 e. The van der Waals surface area contributed by atoms with Crippen LogP contribution in [0.2, 0.25) is 0 Å². The lowest BCUT2D eigenvalue weighted by molar-refractivity contribution is 0.383. The van der Waals surface area contributed by atoms with Gasteiger partial charge in [-0.2, -0.15) is 0 Å². The van der Waals surface area contributed by atoms with Gasteiger partial charge in [-0.25, -0.2) is 9.37 Å². The van der Waals surface area contributed by atoms with Gasteiger partial charge in [-0.3, -0.25) is 0 Å². The first-order valence-corrected chi connectivity index (χ1v) is 5.79. The largest absolute Gasteiger partial charge is 0.494 e. The Kier molecular flexibility index (Phi) is 4.30. The van der Waals surface area contributed by atoms with Gasteiger partial charge in [-0.05, 0) is 6.07 Å². The van der Waals surface area contributed by atoms with Crippen LogP contribution in [0.5, 0.6) is 5.75 Å². The number of hydrogen-bond donors (Lipinski definition) is 1. The van der Waals surface area contributed by atoms with Crippen molar-refractivity contribution in [3.63, 3.8) is 0 Å². The zero-order chi connectivity index (χ0) is 12.8. The first-order chi connectivity index (χ1) is 8.81. The molecule has 5 heteroatoms. The predicted molar refractivity (Wildman–Crippen MR) is 66.9 cm³/mol. The van der Waals surface area contributed by atoms with Gasteiger partial charge in [-0.1, -0.05) is 12.1 Å². The SMILES string of the molecule is COc1cccc(CNCCn2ccnc2)c1F. The fourth-order valence-corrected chi connectivity index (χ4v) is 1.70. The van der Waals surface area contributed by atoms with Crippen LogP contribution in [-0.4, -0.2) is 23.2 Å². The average molecular weight is 249 g/mol. The van der Waals surface area contributed by atoms with Crippen LogP contribution >= 0.6 is 0 Å². The minimum Gasteiger partial charge on any atom is -0.494 e. The normalized spacial score (nSPS) is 10.6. The first kappa shape index (κ1) is 12.6. The molecule has 0 unspecified atom stereocenters. The Bertz CT molecular complexity index is 485. The Morgan fingerprint density at radius 2 is 2.33 bits per heavy atom. The average Bonchev–Trinajstić information content (AvgIpc) is 2.89. The third kappa shape index (κ3) is 3.07. The van der Waals surface area contributed by atoms with Gasteiger partial charge in [0.2, 0.25) is 0 Å². The molecule has 4 nitrogen and oxygen atoms in total. The van der Waals surface area contributed by atoms with Crippen LogP contribution in [0, 0.1) is 5.82 Å². The minimum atomic E-state index is -0.296. The molecule has 0 aliphatic heterocycles. The summed E-state index contributed by atoms with van der Waals surface area (Å²) in [5.74, 6) is -0.0148. The fraction of sp³-hybridized carbons (Fsp3) is 0.308. The molecule has 1 aromatic heterocycles. The van der Waals surface area contributed by atoms with Crippen molar-refractivity contribution in [3.05, 3.63) is 48.3 Å². The van der Waals surface area contributed by atoms with E-state index >= 15 is 0 Å². The van der Waals surface area contributed by atoms with E-state index in [9.17, 15) is 4.39 Å². The molecule has 2 rings (SSSR count). The van der Waals surface area contributed by atoms with Crippen molar-refractivity contribution >= 4 is 0 Å². The van der Waals surface area contributed by atoms with Gasteiger partial charge in [0.15, 0.2) is 11.6 Å². The van der Waals surface area contributed by atoms with Crippen molar-refractivity contribution < 1.29 is 9.13 Å². The van der Waals surface area contributed by atoms with Crippen LogP contribution in [0.3, 0.4) is 0 Å². The Labute approximate surface area is 105 Å². The molecule has 0 bridgehead atoms. The summed E-state index contributed by atoms with van der Waals surface area (Å²) < 4.78 is 20.7. The molecule has 18 heavy (non-hydrogen) atoms. The number of benzene rings is 1. The lowest BCUT2D eigenvalue weighted by Crippen LogP contribution is -2.19. The van der Waals surface area contributed by atoms with E-state index in [2.05, 4.69) is 10.3 Å². The molecule has 0 spiro atoms. The van der Waals surface area contributed by atoms with Gasteiger partial charge < -0.3 is 14.6 Å². The highest BCUT2D eigenvalue weighted by Gasteiger charge is 2.07. The van der Waals surface area contributed by atoms with Crippen LogP contribution in [0.25, 0.3) is 0 Å². The van der Waals surface area contributed by atoms with Crippen LogP contribution in [0.4, 0.5) is 4.39 Å². The second-order valence-electron chi connectivity index (χ2n) is 3.91. The Morgan fingerprint density at radius 1 is 1.44 bits per heavy atom. The maximum atomic E-state index is 13.8. The molecule has 0 saturated heterocycles. The van der Waals surface area contributed by atoms with E-state index in [4.69, 9.17) is 4.74 Å². The Balaban J connectivity index is 1.83. The van der Waals surface area contributed by atoms with Crippen LogP contribution in [0.1, 0.15) is 5.56 Å². The summed E-state index contributed by atoms with van der Waals surface area (Å²) in [7, 11) is 1.47. The monoisotopic (exact) mass is 249 g/mol. The topological polar surface area (TPSA) is 39.1 Å². The number of hydrogen-bond acceptors (Lipinski definition) is 3. The van der Waals surface area contributed by atoms with Crippen LogP contribution in [0.15, 0.2) is 36.9 Å².